The molecular formula is C26H54F3O3PS. The van der Waals surface area contributed by atoms with Crippen LogP contribution < -0.4 is 0 Å². The molecule has 0 aliphatic rings. The van der Waals surface area contributed by atoms with E-state index in [2.05, 4.69) is 20.8 Å². The van der Waals surface area contributed by atoms with Gasteiger partial charge in [0, 0.05) is 0 Å². The van der Waals surface area contributed by atoms with Crippen molar-refractivity contribution < 1.29 is 25.6 Å². The molecule has 0 saturated carbocycles. The van der Waals surface area contributed by atoms with Gasteiger partial charge in [0.05, 0.1) is 0 Å². The molecule has 0 saturated heterocycles. The van der Waals surface area contributed by atoms with Crippen molar-refractivity contribution in [2.45, 2.75) is 142 Å². The van der Waals surface area contributed by atoms with Crippen LogP contribution in [0.1, 0.15) is 136 Å². The first kappa shape index (κ1) is 34.1. The van der Waals surface area contributed by atoms with Gasteiger partial charge in [0.2, 0.25) is 0 Å². The van der Waals surface area contributed by atoms with Crippen LogP contribution in [0.3, 0.4) is 0 Å². The third kappa shape index (κ3) is 14.6. The molecular weight excluding hydrogens is 480 g/mol. The molecule has 0 N–H and O–H groups in total. The van der Waals surface area contributed by atoms with Gasteiger partial charge in [-0.2, -0.15) is 0 Å². The normalized spacial score (nSPS) is 14.3. The second-order valence-corrected chi connectivity index (χ2v) is 18.3. The average molecular weight is 535 g/mol. The summed E-state index contributed by atoms with van der Waals surface area (Å²) >= 11 is 0. The van der Waals surface area contributed by atoms with Crippen molar-refractivity contribution in [3.63, 3.8) is 0 Å². The van der Waals surface area contributed by atoms with E-state index >= 15 is 0 Å². The number of alkyl halides is 3. The third-order valence-electron chi connectivity index (χ3n) is 7.04. The Labute approximate surface area is 209 Å². The van der Waals surface area contributed by atoms with E-state index in [1.54, 1.807) is 6.66 Å². The van der Waals surface area contributed by atoms with E-state index in [0.717, 1.165) is 116 Å². The predicted octanol–water partition coefficient (Wildman–Crippen LogP) is 10.0. The average Bonchev–Trinajstić information content (AvgIpc) is 2.75. The van der Waals surface area contributed by atoms with Gasteiger partial charge in [0.25, 0.3) is 0 Å². The van der Waals surface area contributed by atoms with Crippen LogP contribution in [0, 0.1) is 0 Å². The zero-order valence-corrected chi connectivity index (χ0v) is 24.3. The number of unbranched alkanes of at least 4 members (excludes halogenated alkanes) is 15. The summed E-state index contributed by atoms with van der Waals surface area (Å²) in [4.78, 5) is 0. The Morgan fingerprint density at radius 1 is 0.559 bits per heavy atom. The predicted molar refractivity (Wildman–Crippen MR) is 144 cm³/mol. The van der Waals surface area contributed by atoms with E-state index in [1.165, 1.54) is 0 Å². The molecule has 0 atom stereocenters. The Bertz CT molecular complexity index is 565. The standard InChI is InChI=1S/C26H54F3O3PS/c1-5-8-11-14-17-20-23-33(4,24-21-18-15-12-9-6-2,25-22-19-16-13-10-7-3)32-34(30,31)26(27,28)29/h5-25H2,1-4H3. The van der Waals surface area contributed by atoms with Crippen molar-refractivity contribution in [1.82, 2.24) is 0 Å². The van der Waals surface area contributed by atoms with Gasteiger partial charge in [-0.1, -0.05) is 0 Å². The Balaban J connectivity index is 5.53. The van der Waals surface area contributed by atoms with Crippen molar-refractivity contribution in [3.05, 3.63) is 0 Å². The molecule has 0 bridgehead atoms. The summed E-state index contributed by atoms with van der Waals surface area (Å²) in [5, 5.41) is 0. The molecule has 0 heterocycles. The molecule has 208 valence electrons. The minimum absolute atomic E-state index is 0.483. The van der Waals surface area contributed by atoms with Gasteiger partial charge < -0.3 is 0 Å². The molecule has 0 radical (unpaired) electrons. The number of hydrogen-bond acceptors (Lipinski definition) is 3. The van der Waals surface area contributed by atoms with Crippen LogP contribution >= 0.6 is 6.83 Å². The van der Waals surface area contributed by atoms with Crippen molar-refractivity contribution in [2.75, 3.05) is 25.2 Å². The van der Waals surface area contributed by atoms with Gasteiger partial charge in [-0.05, 0) is 0 Å². The van der Waals surface area contributed by atoms with Gasteiger partial charge in [0.1, 0.15) is 0 Å². The van der Waals surface area contributed by atoms with E-state index in [1.807, 2.05) is 0 Å². The summed E-state index contributed by atoms with van der Waals surface area (Å²) in [5.41, 5.74) is -5.37. The fourth-order valence-corrected chi connectivity index (χ4v) is 12.5. The van der Waals surface area contributed by atoms with Crippen molar-refractivity contribution in [2.24, 2.45) is 0 Å². The maximum absolute atomic E-state index is 13.4. The zero-order valence-electron chi connectivity index (χ0n) is 22.6. The number of rotatable bonds is 23. The summed E-state index contributed by atoms with van der Waals surface area (Å²) in [6.07, 6.45) is 19.8. The quantitative estimate of drug-likeness (QED) is 0.0744. The first-order chi connectivity index (χ1) is 15.9. The first-order valence-electron chi connectivity index (χ1n) is 14.0. The van der Waals surface area contributed by atoms with Gasteiger partial charge in [-0.25, -0.2) is 0 Å². The van der Waals surface area contributed by atoms with E-state index in [9.17, 15) is 21.6 Å². The van der Waals surface area contributed by atoms with Crippen LogP contribution in [-0.2, 0) is 14.1 Å². The van der Waals surface area contributed by atoms with Gasteiger partial charge in [-0.15, -0.1) is 0 Å². The number of hydrogen-bond donors (Lipinski definition) is 0. The van der Waals surface area contributed by atoms with Gasteiger partial charge in [-0.3, -0.25) is 0 Å². The molecule has 0 aromatic carbocycles. The van der Waals surface area contributed by atoms with E-state index in [0.29, 0.717) is 18.5 Å². The summed E-state index contributed by atoms with van der Waals surface area (Å²) in [7, 11) is -5.61. The molecule has 0 aromatic rings. The topological polar surface area (TPSA) is 43.4 Å². The Kier molecular flexibility index (Phi) is 17.6. The van der Waals surface area contributed by atoms with Crippen molar-refractivity contribution in [3.8, 4) is 0 Å². The second kappa shape index (κ2) is 17.6. The molecule has 0 aliphatic carbocycles. The molecule has 0 amide bonds. The molecule has 0 rings (SSSR count). The molecule has 3 nitrogen and oxygen atoms in total. The van der Waals surface area contributed by atoms with Crippen LogP contribution in [0.5, 0.6) is 0 Å². The van der Waals surface area contributed by atoms with E-state index in [4.69, 9.17) is 3.97 Å². The molecule has 8 heteroatoms. The molecule has 34 heavy (non-hydrogen) atoms. The molecule has 0 aliphatic heterocycles. The summed E-state index contributed by atoms with van der Waals surface area (Å²) in [5.74, 6) is 0. The van der Waals surface area contributed by atoms with Crippen LogP contribution in [0.2, 0.25) is 0 Å². The van der Waals surface area contributed by atoms with Crippen LogP contribution in [0.4, 0.5) is 13.2 Å². The van der Waals surface area contributed by atoms with E-state index < -0.39 is 22.5 Å². The number of halogens is 3. The Hall–Kier alpha value is 0.130. The SMILES string of the molecule is CCCCCCCCP(C)(CCCCCCCC)(CCCCCCCC)OS(=O)(=O)C(F)(F)F. The maximum atomic E-state index is 13.4. The fraction of sp³-hybridized carbons (Fsp3) is 1.00. The second-order valence-electron chi connectivity index (χ2n) is 10.6. The monoisotopic (exact) mass is 534 g/mol. The molecule has 0 fully saturated rings. The van der Waals surface area contributed by atoms with Crippen LogP contribution in [0.15, 0.2) is 0 Å². The first-order valence-corrected chi connectivity index (χ1v) is 18.5. The van der Waals surface area contributed by atoms with Crippen molar-refractivity contribution in [1.29, 1.82) is 0 Å². The minimum atomic E-state index is -5.61. The summed E-state index contributed by atoms with van der Waals surface area (Å²) < 4.78 is 70.3. The van der Waals surface area contributed by atoms with E-state index in [-0.39, 0.29) is 0 Å². The molecule has 0 aromatic heterocycles. The van der Waals surface area contributed by atoms with Crippen LogP contribution in [-0.4, -0.2) is 39.1 Å². The van der Waals surface area contributed by atoms with Crippen LogP contribution in [0.25, 0.3) is 0 Å². The van der Waals surface area contributed by atoms with Crippen molar-refractivity contribution >= 4 is 16.9 Å². The summed E-state index contributed by atoms with van der Waals surface area (Å²) in [6, 6.07) is 0. The van der Waals surface area contributed by atoms with Gasteiger partial charge >= 0.3 is 210 Å². The van der Waals surface area contributed by atoms with Gasteiger partial charge in [0.15, 0.2) is 0 Å². The Morgan fingerprint density at radius 3 is 1.09 bits per heavy atom. The Morgan fingerprint density at radius 2 is 0.824 bits per heavy atom. The summed E-state index contributed by atoms with van der Waals surface area (Å²) in [6.45, 7) is 4.69. The molecule has 0 unspecified atom stereocenters. The zero-order chi connectivity index (χ0) is 26.0. The third-order valence-corrected chi connectivity index (χ3v) is 15.0. The molecule has 0 spiro atoms. The fourth-order valence-electron chi connectivity index (χ4n) is 4.81.